The fourth-order valence-corrected chi connectivity index (χ4v) is 5.85. The summed E-state index contributed by atoms with van der Waals surface area (Å²) in [6.07, 6.45) is 2.40. The van der Waals surface area contributed by atoms with E-state index in [-0.39, 0.29) is 10.1 Å². The summed E-state index contributed by atoms with van der Waals surface area (Å²) in [6.45, 7) is 10.7. The van der Waals surface area contributed by atoms with Crippen LogP contribution in [0.1, 0.15) is 40.5 Å². The molecule has 5 heteroatoms. The SMILES string of the molecule is CN1CCC(N2C[Se]C(C)(C)N([O])C2(C)C)CC1. The van der Waals surface area contributed by atoms with E-state index in [1.165, 1.54) is 17.9 Å². The Balaban J connectivity index is 2.10. The second kappa shape index (κ2) is 5.04. The van der Waals surface area contributed by atoms with E-state index < -0.39 is 0 Å². The molecule has 0 atom stereocenters. The average molecular weight is 319 g/mol. The van der Waals surface area contributed by atoms with Gasteiger partial charge in [0.1, 0.15) is 0 Å². The summed E-state index contributed by atoms with van der Waals surface area (Å²) in [6, 6.07) is 0.589. The number of piperidine rings is 1. The summed E-state index contributed by atoms with van der Waals surface area (Å²) in [5, 5.41) is 13.9. The fraction of sp³-hybridized carbons (Fsp3) is 1.00. The first kappa shape index (κ1) is 14.8. The van der Waals surface area contributed by atoms with Crippen LogP contribution >= 0.6 is 0 Å². The van der Waals surface area contributed by atoms with Gasteiger partial charge in [-0.05, 0) is 0 Å². The minimum absolute atomic E-state index is 0.168. The molecule has 0 bridgehead atoms. The van der Waals surface area contributed by atoms with Crippen LogP contribution in [-0.4, -0.2) is 71.5 Å². The predicted octanol–water partition coefficient (Wildman–Crippen LogP) is 1.18. The van der Waals surface area contributed by atoms with Crippen LogP contribution in [0.4, 0.5) is 0 Å². The Morgan fingerprint density at radius 3 is 2.22 bits per heavy atom. The molecule has 0 aromatic carbocycles. The van der Waals surface area contributed by atoms with Crippen molar-refractivity contribution in [1.29, 1.82) is 0 Å². The van der Waals surface area contributed by atoms with Crippen molar-refractivity contribution in [1.82, 2.24) is 14.9 Å². The van der Waals surface area contributed by atoms with E-state index in [9.17, 15) is 5.21 Å². The van der Waals surface area contributed by atoms with E-state index in [1.807, 2.05) is 0 Å². The Labute approximate surface area is 117 Å². The van der Waals surface area contributed by atoms with Crippen molar-refractivity contribution in [2.45, 2.75) is 56.7 Å². The minimum atomic E-state index is -0.357. The molecule has 0 amide bonds. The van der Waals surface area contributed by atoms with Crippen molar-refractivity contribution < 1.29 is 5.21 Å². The molecule has 0 aromatic rings. The molecule has 0 unspecified atom stereocenters. The summed E-state index contributed by atoms with van der Waals surface area (Å²) < 4.78 is -0.168. The third kappa shape index (κ3) is 2.62. The predicted molar refractivity (Wildman–Crippen MR) is 73.7 cm³/mol. The van der Waals surface area contributed by atoms with E-state index >= 15 is 0 Å². The van der Waals surface area contributed by atoms with E-state index in [0.717, 1.165) is 18.5 Å². The van der Waals surface area contributed by atoms with Crippen molar-refractivity contribution in [2.24, 2.45) is 0 Å². The molecule has 2 rings (SSSR count). The monoisotopic (exact) mass is 320 g/mol. The Kier molecular flexibility index (Phi) is 4.13. The van der Waals surface area contributed by atoms with Gasteiger partial charge in [-0.2, -0.15) is 0 Å². The first-order valence-electron chi connectivity index (χ1n) is 6.82. The van der Waals surface area contributed by atoms with Crippen LogP contribution in [0.5, 0.6) is 0 Å². The van der Waals surface area contributed by atoms with E-state index in [0.29, 0.717) is 21.0 Å². The summed E-state index contributed by atoms with van der Waals surface area (Å²) in [5.41, 5.74) is 0.754. The Morgan fingerprint density at radius 2 is 1.67 bits per heavy atom. The van der Waals surface area contributed by atoms with E-state index in [4.69, 9.17) is 0 Å². The molecule has 0 N–H and O–H groups in total. The molecule has 2 fully saturated rings. The van der Waals surface area contributed by atoms with Gasteiger partial charge in [-0.3, -0.25) is 0 Å². The first-order chi connectivity index (χ1) is 8.25. The number of hydrogen-bond donors (Lipinski definition) is 0. The van der Waals surface area contributed by atoms with Crippen molar-refractivity contribution in [3.05, 3.63) is 0 Å². The van der Waals surface area contributed by atoms with Crippen LogP contribution in [0, 0.1) is 0 Å². The molecule has 0 aromatic heterocycles. The zero-order valence-corrected chi connectivity index (χ0v) is 14.0. The first-order valence-corrected chi connectivity index (χ1v) is 8.88. The molecule has 2 saturated heterocycles. The zero-order chi connectivity index (χ0) is 13.6. The maximum atomic E-state index is 12.6. The van der Waals surface area contributed by atoms with Crippen molar-refractivity contribution in [3.63, 3.8) is 0 Å². The van der Waals surface area contributed by atoms with Gasteiger partial charge in [-0.1, -0.05) is 0 Å². The Morgan fingerprint density at radius 1 is 1.11 bits per heavy atom. The molecule has 105 valence electrons. The van der Waals surface area contributed by atoms with Gasteiger partial charge in [0.2, 0.25) is 0 Å². The molecule has 0 aliphatic carbocycles. The molecular weight excluding hydrogens is 293 g/mol. The van der Waals surface area contributed by atoms with Crippen molar-refractivity contribution >= 4 is 15.0 Å². The quantitative estimate of drug-likeness (QED) is 0.680. The van der Waals surface area contributed by atoms with Crippen LogP contribution in [0.25, 0.3) is 0 Å². The van der Waals surface area contributed by atoms with Gasteiger partial charge in [0.05, 0.1) is 0 Å². The molecule has 4 nitrogen and oxygen atoms in total. The summed E-state index contributed by atoms with van der Waals surface area (Å²) in [4.78, 5) is 4.86. The fourth-order valence-electron chi connectivity index (χ4n) is 3.08. The summed E-state index contributed by atoms with van der Waals surface area (Å²) >= 11 is 0.369. The standard InChI is InChI=1S/C13H26N3OSe/c1-12(2)15(10-18-13(3,4)16(12)17)11-6-8-14(5)9-7-11/h11H,6-10H2,1-5H3. The molecule has 2 aliphatic heterocycles. The van der Waals surface area contributed by atoms with Gasteiger partial charge in [-0.25, -0.2) is 0 Å². The molecule has 18 heavy (non-hydrogen) atoms. The molecular formula is C13H26N3OSe. The van der Waals surface area contributed by atoms with Gasteiger partial charge in [0.25, 0.3) is 0 Å². The number of nitrogens with zero attached hydrogens (tertiary/aromatic N) is 3. The number of hydrogen-bond acceptors (Lipinski definition) is 3. The van der Waals surface area contributed by atoms with Crippen LogP contribution in [0.2, 0.25) is 0 Å². The van der Waals surface area contributed by atoms with Crippen LogP contribution in [0.3, 0.4) is 0 Å². The van der Waals surface area contributed by atoms with Crippen molar-refractivity contribution in [2.75, 3.05) is 25.6 Å². The Hall–Kier alpha value is 0.359. The number of hydroxylamine groups is 2. The number of likely N-dealkylation sites (tertiary alicyclic amines) is 1. The third-order valence-electron chi connectivity index (χ3n) is 4.37. The van der Waals surface area contributed by atoms with Crippen LogP contribution < -0.4 is 0 Å². The topological polar surface area (TPSA) is 29.6 Å². The zero-order valence-electron chi connectivity index (χ0n) is 12.3. The Bertz CT molecular complexity index is 301. The van der Waals surface area contributed by atoms with Gasteiger partial charge < -0.3 is 0 Å². The van der Waals surface area contributed by atoms with Crippen LogP contribution in [0.15, 0.2) is 0 Å². The van der Waals surface area contributed by atoms with Crippen molar-refractivity contribution in [3.8, 4) is 0 Å². The second-order valence-electron chi connectivity index (χ2n) is 6.51. The second-order valence-corrected chi connectivity index (χ2v) is 9.76. The number of rotatable bonds is 1. The van der Waals surface area contributed by atoms with Crippen LogP contribution in [-0.2, 0) is 5.21 Å². The van der Waals surface area contributed by atoms with Gasteiger partial charge in [-0.15, -0.1) is 0 Å². The molecule has 2 heterocycles. The third-order valence-corrected chi connectivity index (χ3v) is 7.06. The molecule has 0 spiro atoms. The summed E-state index contributed by atoms with van der Waals surface area (Å²) in [5.74, 6) is 0. The van der Waals surface area contributed by atoms with Gasteiger partial charge >= 0.3 is 117 Å². The maximum absolute atomic E-state index is 12.6. The van der Waals surface area contributed by atoms with Gasteiger partial charge in [0.15, 0.2) is 0 Å². The molecule has 1 radical (unpaired) electrons. The average Bonchev–Trinajstić information content (AvgIpc) is 2.28. The summed E-state index contributed by atoms with van der Waals surface area (Å²) in [7, 11) is 2.19. The van der Waals surface area contributed by atoms with E-state index in [2.05, 4.69) is 44.5 Å². The molecule has 2 aliphatic rings. The van der Waals surface area contributed by atoms with E-state index in [1.54, 1.807) is 0 Å². The van der Waals surface area contributed by atoms with Gasteiger partial charge in [0, 0.05) is 0 Å². The molecule has 0 saturated carbocycles. The normalized spacial score (nSPS) is 31.7.